The molecule has 0 radical (unpaired) electrons. The van der Waals surface area contributed by atoms with Crippen LogP contribution in [0.25, 0.3) is 0 Å². The number of anilines is 4. The first-order valence-corrected chi connectivity index (χ1v) is 6.10. The van der Waals surface area contributed by atoms with Crippen molar-refractivity contribution in [3.8, 4) is 6.07 Å². The minimum absolute atomic E-state index is 0.180. The van der Waals surface area contributed by atoms with Gasteiger partial charge in [0.15, 0.2) is 0 Å². The number of nitrogens with one attached hydrogen (secondary N) is 3. The largest absolute Gasteiger partial charge is 0.371 e. The molecule has 2 rings (SSSR count). The lowest BCUT2D eigenvalue weighted by atomic mass is 10.2. The van der Waals surface area contributed by atoms with E-state index in [-0.39, 0.29) is 6.54 Å². The molecular formula is C15H14N4O. The zero-order valence-corrected chi connectivity index (χ0v) is 10.8. The molecule has 0 aliphatic heterocycles. The van der Waals surface area contributed by atoms with Gasteiger partial charge in [-0.2, -0.15) is 5.26 Å². The maximum Gasteiger partial charge on any atom is 0.211 e. The van der Waals surface area contributed by atoms with Gasteiger partial charge in [-0.25, -0.2) is 0 Å². The zero-order valence-electron chi connectivity index (χ0n) is 10.8. The van der Waals surface area contributed by atoms with Crippen LogP contribution >= 0.6 is 0 Å². The third-order valence-electron chi connectivity index (χ3n) is 2.65. The number of rotatable bonds is 6. The van der Waals surface area contributed by atoms with Crippen molar-refractivity contribution in [3.05, 3.63) is 48.5 Å². The molecule has 0 fully saturated rings. The first-order chi connectivity index (χ1) is 9.83. The van der Waals surface area contributed by atoms with Crippen LogP contribution in [0.5, 0.6) is 0 Å². The predicted molar refractivity (Wildman–Crippen MR) is 80.0 cm³/mol. The van der Waals surface area contributed by atoms with Crippen molar-refractivity contribution in [3.63, 3.8) is 0 Å². The lowest BCUT2D eigenvalue weighted by molar-refractivity contribution is -0.105. The molecule has 0 unspecified atom stereocenters. The van der Waals surface area contributed by atoms with Crippen molar-refractivity contribution in [1.82, 2.24) is 0 Å². The van der Waals surface area contributed by atoms with Gasteiger partial charge in [-0.15, -0.1) is 0 Å². The minimum Gasteiger partial charge on any atom is -0.371 e. The highest BCUT2D eigenvalue weighted by atomic mass is 16.1. The Kier molecular flexibility index (Phi) is 4.57. The molecule has 100 valence electrons. The molecule has 3 N–H and O–H groups in total. The van der Waals surface area contributed by atoms with Crippen LogP contribution < -0.4 is 16.0 Å². The van der Waals surface area contributed by atoms with E-state index in [4.69, 9.17) is 5.26 Å². The summed E-state index contributed by atoms with van der Waals surface area (Å²) in [6.07, 6.45) is 0.610. The molecule has 0 heterocycles. The second-order valence-electron chi connectivity index (χ2n) is 4.03. The molecule has 2 aromatic rings. The summed E-state index contributed by atoms with van der Waals surface area (Å²) in [7, 11) is 0. The number of para-hydroxylation sites is 1. The van der Waals surface area contributed by atoms with Crippen molar-refractivity contribution in [2.45, 2.75) is 0 Å². The van der Waals surface area contributed by atoms with Crippen LogP contribution in [0.4, 0.5) is 22.7 Å². The standard InChI is InChI=1S/C15H14N4O/c16-8-9-17-14-7-6-13(10-15(14)18-11-20)19-12-4-2-1-3-5-12/h1-7,10-11,17,19H,9H2,(H,18,20). The maximum atomic E-state index is 10.6. The molecule has 20 heavy (non-hydrogen) atoms. The fraction of sp³-hybridized carbons (Fsp3) is 0.0667. The Balaban J connectivity index is 2.21. The summed E-state index contributed by atoms with van der Waals surface area (Å²) < 4.78 is 0. The zero-order chi connectivity index (χ0) is 14.2. The fourth-order valence-corrected chi connectivity index (χ4v) is 1.78. The maximum absolute atomic E-state index is 10.6. The van der Waals surface area contributed by atoms with Crippen LogP contribution in [0, 0.1) is 11.3 Å². The number of carbonyl (C=O) groups excluding carboxylic acids is 1. The monoisotopic (exact) mass is 266 g/mol. The van der Waals surface area contributed by atoms with Gasteiger partial charge in [0, 0.05) is 11.4 Å². The molecule has 0 saturated heterocycles. The van der Waals surface area contributed by atoms with Crippen molar-refractivity contribution < 1.29 is 4.79 Å². The van der Waals surface area contributed by atoms with E-state index in [2.05, 4.69) is 16.0 Å². The van der Waals surface area contributed by atoms with Crippen molar-refractivity contribution >= 4 is 29.2 Å². The van der Waals surface area contributed by atoms with E-state index < -0.39 is 0 Å². The van der Waals surface area contributed by atoms with Crippen molar-refractivity contribution in [2.75, 3.05) is 22.5 Å². The molecule has 0 spiro atoms. The molecule has 0 aliphatic rings. The van der Waals surface area contributed by atoms with E-state index in [9.17, 15) is 4.79 Å². The van der Waals surface area contributed by atoms with Crippen LogP contribution in [0.3, 0.4) is 0 Å². The number of hydrogen-bond acceptors (Lipinski definition) is 4. The second kappa shape index (κ2) is 6.81. The first-order valence-electron chi connectivity index (χ1n) is 6.10. The summed E-state index contributed by atoms with van der Waals surface area (Å²) in [6, 6.07) is 17.2. The summed E-state index contributed by atoms with van der Waals surface area (Å²) in [6.45, 7) is 0.180. The smallest absolute Gasteiger partial charge is 0.211 e. The van der Waals surface area contributed by atoms with E-state index in [1.165, 1.54) is 0 Å². The third-order valence-corrected chi connectivity index (χ3v) is 2.65. The quantitative estimate of drug-likeness (QED) is 0.555. The highest BCUT2D eigenvalue weighted by Gasteiger charge is 2.03. The summed E-state index contributed by atoms with van der Waals surface area (Å²) in [5.41, 5.74) is 3.14. The van der Waals surface area contributed by atoms with Gasteiger partial charge in [-0.05, 0) is 30.3 Å². The van der Waals surface area contributed by atoms with E-state index in [0.29, 0.717) is 17.8 Å². The number of carbonyl (C=O) groups is 1. The normalized spacial score (nSPS) is 9.35. The van der Waals surface area contributed by atoms with Gasteiger partial charge in [-0.1, -0.05) is 18.2 Å². The van der Waals surface area contributed by atoms with E-state index in [1.54, 1.807) is 6.07 Å². The first kappa shape index (κ1) is 13.4. The van der Waals surface area contributed by atoms with Gasteiger partial charge >= 0.3 is 0 Å². The second-order valence-corrected chi connectivity index (χ2v) is 4.03. The number of hydrogen-bond donors (Lipinski definition) is 3. The Morgan fingerprint density at radius 3 is 2.55 bits per heavy atom. The molecule has 5 heteroatoms. The van der Waals surface area contributed by atoms with Crippen LogP contribution in [-0.2, 0) is 4.79 Å². The summed E-state index contributed by atoms with van der Waals surface area (Å²) >= 11 is 0. The fourth-order valence-electron chi connectivity index (χ4n) is 1.78. The molecule has 0 aromatic heterocycles. The number of nitriles is 1. The van der Waals surface area contributed by atoms with Gasteiger partial charge < -0.3 is 16.0 Å². The average Bonchev–Trinajstić information content (AvgIpc) is 2.48. The molecule has 2 aromatic carbocycles. The van der Waals surface area contributed by atoms with Crippen molar-refractivity contribution in [1.29, 1.82) is 5.26 Å². The highest BCUT2D eigenvalue weighted by Crippen LogP contribution is 2.27. The Bertz CT molecular complexity index is 620. The Morgan fingerprint density at radius 2 is 1.85 bits per heavy atom. The van der Waals surface area contributed by atoms with Crippen LogP contribution in [-0.4, -0.2) is 13.0 Å². The predicted octanol–water partition coefficient (Wildman–Crippen LogP) is 2.93. The number of amides is 1. The molecule has 0 aliphatic carbocycles. The van der Waals surface area contributed by atoms with Gasteiger partial charge in [0.25, 0.3) is 0 Å². The van der Waals surface area contributed by atoms with E-state index >= 15 is 0 Å². The molecular weight excluding hydrogens is 252 g/mol. The van der Waals surface area contributed by atoms with E-state index in [1.807, 2.05) is 48.5 Å². The van der Waals surface area contributed by atoms with Gasteiger partial charge in [-0.3, -0.25) is 4.79 Å². The lowest BCUT2D eigenvalue weighted by Crippen LogP contribution is -2.04. The topological polar surface area (TPSA) is 77.0 Å². The van der Waals surface area contributed by atoms with Crippen LogP contribution in [0.2, 0.25) is 0 Å². The molecule has 0 saturated carbocycles. The van der Waals surface area contributed by atoms with Crippen molar-refractivity contribution in [2.24, 2.45) is 0 Å². The Morgan fingerprint density at radius 1 is 1.05 bits per heavy atom. The summed E-state index contributed by atoms with van der Waals surface area (Å²) in [4.78, 5) is 10.6. The van der Waals surface area contributed by atoms with Gasteiger partial charge in [0.05, 0.1) is 17.4 Å². The Labute approximate surface area is 117 Å². The van der Waals surface area contributed by atoms with Crippen LogP contribution in [0.15, 0.2) is 48.5 Å². The molecule has 5 nitrogen and oxygen atoms in total. The van der Waals surface area contributed by atoms with Gasteiger partial charge in [0.2, 0.25) is 6.41 Å². The molecule has 1 amide bonds. The summed E-state index contributed by atoms with van der Waals surface area (Å²) in [5.74, 6) is 0. The lowest BCUT2D eigenvalue weighted by Gasteiger charge is -2.12. The van der Waals surface area contributed by atoms with Crippen LogP contribution in [0.1, 0.15) is 0 Å². The highest BCUT2D eigenvalue weighted by molar-refractivity contribution is 5.84. The molecule has 0 atom stereocenters. The van der Waals surface area contributed by atoms with E-state index in [0.717, 1.165) is 11.4 Å². The third kappa shape index (κ3) is 3.50. The minimum atomic E-state index is 0.180. The molecule has 0 bridgehead atoms. The average molecular weight is 266 g/mol. The summed E-state index contributed by atoms with van der Waals surface area (Å²) in [5, 5.41) is 17.4. The number of benzene rings is 2. The number of nitrogens with zero attached hydrogens (tertiary/aromatic N) is 1. The van der Waals surface area contributed by atoms with Gasteiger partial charge in [0.1, 0.15) is 6.54 Å². The Hall–Kier alpha value is -3.00. The SMILES string of the molecule is N#CCNc1ccc(Nc2ccccc2)cc1NC=O.